The maximum atomic E-state index is 13.0. The predicted octanol–water partition coefficient (Wildman–Crippen LogP) is 3.78. The molecule has 0 saturated carbocycles. The lowest BCUT2D eigenvalue weighted by atomic mass is 10.1. The minimum Gasteiger partial charge on any atom is -0.457 e. The molecular formula is C14H13F2NO. The Bertz CT molecular complexity index is 538. The van der Waals surface area contributed by atoms with Crippen molar-refractivity contribution in [1.29, 1.82) is 0 Å². The fraction of sp³-hybridized carbons (Fsp3) is 0.143. The van der Waals surface area contributed by atoms with E-state index in [1.807, 2.05) is 19.1 Å². The smallest absolute Gasteiger partial charge is 0.162 e. The molecule has 0 unspecified atom stereocenters. The topological polar surface area (TPSA) is 35.2 Å². The highest BCUT2D eigenvalue weighted by atomic mass is 19.2. The Morgan fingerprint density at radius 1 is 0.944 bits per heavy atom. The highest BCUT2D eigenvalue weighted by Crippen LogP contribution is 2.24. The van der Waals surface area contributed by atoms with Gasteiger partial charge in [0.2, 0.25) is 0 Å². The van der Waals surface area contributed by atoms with Crippen molar-refractivity contribution in [3.8, 4) is 11.5 Å². The second-order valence-electron chi connectivity index (χ2n) is 4.04. The van der Waals surface area contributed by atoms with Crippen LogP contribution in [-0.4, -0.2) is 0 Å². The first-order valence-corrected chi connectivity index (χ1v) is 5.54. The van der Waals surface area contributed by atoms with Crippen LogP contribution in [0.15, 0.2) is 42.5 Å². The first-order chi connectivity index (χ1) is 8.56. The quantitative estimate of drug-likeness (QED) is 0.898. The summed E-state index contributed by atoms with van der Waals surface area (Å²) in [6.07, 6.45) is 0. The molecule has 2 aromatic carbocycles. The summed E-state index contributed by atoms with van der Waals surface area (Å²) in [4.78, 5) is 0. The Balaban J connectivity index is 2.15. The second-order valence-corrected chi connectivity index (χ2v) is 4.04. The number of rotatable bonds is 3. The Labute approximate surface area is 104 Å². The lowest BCUT2D eigenvalue weighted by Crippen LogP contribution is -2.04. The fourth-order valence-electron chi connectivity index (χ4n) is 1.52. The SMILES string of the molecule is C[C@H](N)c1ccc(Oc2ccc(F)c(F)c2)cc1. The number of nitrogens with two attached hydrogens (primary N) is 1. The van der Waals surface area contributed by atoms with Crippen LogP contribution in [-0.2, 0) is 0 Å². The maximum Gasteiger partial charge on any atom is 0.162 e. The minimum absolute atomic E-state index is 0.0534. The molecular weight excluding hydrogens is 236 g/mol. The Kier molecular flexibility index (Phi) is 3.58. The first-order valence-electron chi connectivity index (χ1n) is 5.54. The van der Waals surface area contributed by atoms with E-state index < -0.39 is 11.6 Å². The zero-order chi connectivity index (χ0) is 13.1. The Morgan fingerprint density at radius 3 is 2.11 bits per heavy atom. The third kappa shape index (κ3) is 2.84. The lowest BCUT2D eigenvalue weighted by molar-refractivity contribution is 0.461. The van der Waals surface area contributed by atoms with Gasteiger partial charge < -0.3 is 10.5 Å². The van der Waals surface area contributed by atoms with E-state index in [4.69, 9.17) is 10.5 Å². The highest BCUT2D eigenvalue weighted by Gasteiger charge is 2.05. The molecule has 94 valence electrons. The van der Waals surface area contributed by atoms with Crippen molar-refractivity contribution in [3.63, 3.8) is 0 Å². The standard InChI is InChI=1S/C14H13F2NO/c1-9(17)10-2-4-11(5-3-10)18-12-6-7-13(15)14(16)8-12/h2-9H,17H2,1H3/t9-/m0/s1. The lowest BCUT2D eigenvalue weighted by Gasteiger charge is -2.08. The summed E-state index contributed by atoms with van der Waals surface area (Å²) in [5.41, 5.74) is 6.70. The van der Waals surface area contributed by atoms with Crippen molar-refractivity contribution >= 4 is 0 Å². The molecule has 2 rings (SSSR count). The minimum atomic E-state index is -0.931. The van der Waals surface area contributed by atoms with E-state index in [0.29, 0.717) is 5.75 Å². The summed E-state index contributed by atoms with van der Waals surface area (Å²) in [6, 6.07) is 10.5. The van der Waals surface area contributed by atoms with Crippen LogP contribution in [0.4, 0.5) is 8.78 Å². The van der Waals surface area contributed by atoms with Crippen LogP contribution in [0.1, 0.15) is 18.5 Å². The molecule has 18 heavy (non-hydrogen) atoms. The molecule has 0 aliphatic rings. The van der Waals surface area contributed by atoms with E-state index in [2.05, 4.69) is 0 Å². The van der Waals surface area contributed by atoms with Crippen LogP contribution >= 0.6 is 0 Å². The van der Waals surface area contributed by atoms with Gasteiger partial charge in [0.1, 0.15) is 11.5 Å². The van der Waals surface area contributed by atoms with Gasteiger partial charge in [0.05, 0.1) is 0 Å². The third-order valence-electron chi connectivity index (χ3n) is 2.53. The first kappa shape index (κ1) is 12.5. The second kappa shape index (κ2) is 5.14. The van der Waals surface area contributed by atoms with Crippen LogP contribution in [0.2, 0.25) is 0 Å². The maximum absolute atomic E-state index is 13.0. The summed E-state index contributed by atoms with van der Waals surface area (Å²) in [6.45, 7) is 1.88. The molecule has 0 heterocycles. The van der Waals surface area contributed by atoms with Crippen molar-refractivity contribution in [3.05, 3.63) is 59.7 Å². The summed E-state index contributed by atoms with van der Waals surface area (Å²) in [5.74, 6) is -1.03. The number of ether oxygens (including phenoxy) is 1. The molecule has 0 spiro atoms. The summed E-state index contributed by atoms with van der Waals surface area (Å²) in [7, 11) is 0. The van der Waals surface area contributed by atoms with E-state index >= 15 is 0 Å². The molecule has 0 radical (unpaired) electrons. The molecule has 4 heteroatoms. The van der Waals surface area contributed by atoms with Gasteiger partial charge in [-0.05, 0) is 36.8 Å². The monoisotopic (exact) mass is 249 g/mol. The number of hydrogen-bond donors (Lipinski definition) is 1. The summed E-state index contributed by atoms with van der Waals surface area (Å²) < 4.78 is 31.1. The summed E-state index contributed by atoms with van der Waals surface area (Å²) >= 11 is 0. The number of hydrogen-bond acceptors (Lipinski definition) is 2. The van der Waals surface area contributed by atoms with E-state index in [-0.39, 0.29) is 11.8 Å². The fourth-order valence-corrected chi connectivity index (χ4v) is 1.52. The highest BCUT2D eigenvalue weighted by molar-refractivity contribution is 5.34. The van der Waals surface area contributed by atoms with Gasteiger partial charge in [0.15, 0.2) is 11.6 Å². The van der Waals surface area contributed by atoms with Crippen LogP contribution in [0, 0.1) is 11.6 Å². The molecule has 0 fully saturated rings. The van der Waals surface area contributed by atoms with E-state index in [0.717, 1.165) is 17.7 Å². The van der Waals surface area contributed by atoms with Crippen molar-refractivity contribution in [2.75, 3.05) is 0 Å². The molecule has 0 aliphatic heterocycles. The van der Waals surface area contributed by atoms with E-state index in [9.17, 15) is 8.78 Å². The van der Waals surface area contributed by atoms with E-state index in [1.165, 1.54) is 6.07 Å². The normalized spacial score (nSPS) is 12.2. The molecule has 0 bridgehead atoms. The van der Waals surface area contributed by atoms with Crippen LogP contribution in [0.5, 0.6) is 11.5 Å². The molecule has 0 aromatic heterocycles. The van der Waals surface area contributed by atoms with Gasteiger partial charge in [0, 0.05) is 12.1 Å². The van der Waals surface area contributed by atoms with Crippen LogP contribution in [0.3, 0.4) is 0 Å². The van der Waals surface area contributed by atoms with Gasteiger partial charge in [-0.15, -0.1) is 0 Å². The van der Waals surface area contributed by atoms with Gasteiger partial charge >= 0.3 is 0 Å². The van der Waals surface area contributed by atoms with Gasteiger partial charge in [-0.1, -0.05) is 12.1 Å². The van der Waals surface area contributed by atoms with E-state index in [1.54, 1.807) is 12.1 Å². The average Bonchev–Trinajstić information content (AvgIpc) is 2.34. The molecule has 2 N–H and O–H groups in total. The van der Waals surface area contributed by atoms with Crippen molar-refractivity contribution < 1.29 is 13.5 Å². The molecule has 2 aromatic rings. The van der Waals surface area contributed by atoms with Gasteiger partial charge in [-0.25, -0.2) is 8.78 Å². The van der Waals surface area contributed by atoms with Crippen molar-refractivity contribution in [1.82, 2.24) is 0 Å². The zero-order valence-electron chi connectivity index (χ0n) is 9.86. The Hall–Kier alpha value is -1.94. The largest absolute Gasteiger partial charge is 0.457 e. The molecule has 1 atom stereocenters. The zero-order valence-corrected chi connectivity index (χ0v) is 9.86. The van der Waals surface area contributed by atoms with Crippen molar-refractivity contribution in [2.45, 2.75) is 13.0 Å². The summed E-state index contributed by atoms with van der Waals surface area (Å²) in [5, 5.41) is 0. The third-order valence-corrected chi connectivity index (χ3v) is 2.53. The van der Waals surface area contributed by atoms with Crippen LogP contribution in [0.25, 0.3) is 0 Å². The van der Waals surface area contributed by atoms with Gasteiger partial charge in [-0.2, -0.15) is 0 Å². The number of benzene rings is 2. The Morgan fingerprint density at radius 2 is 1.56 bits per heavy atom. The van der Waals surface area contributed by atoms with Gasteiger partial charge in [-0.3, -0.25) is 0 Å². The van der Waals surface area contributed by atoms with Crippen molar-refractivity contribution in [2.24, 2.45) is 5.73 Å². The molecule has 2 nitrogen and oxygen atoms in total. The predicted molar refractivity (Wildman–Crippen MR) is 65.5 cm³/mol. The average molecular weight is 249 g/mol. The van der Waals surface area contributed by atoms with Gasteiger partial charge in [0.25, 0.3) is 0 Å². The molecule has 0 aliphatic carbocycles. The van der Waals surface area contributed by atoms with Crippen LogP contribution < -0.4 is 10.5 Å². The number of halogens is 2. The molecule has 0 saturated heterocycles. The molecule has 0 amide bonds.